The highest BCUT2D eigenvalue weighted by Gasteiger charge is 2.34. The Morgan fingerprint density at radius 1 is 1.45 bits per heavy atom. The van der Waals surface area contributed by atoms with Gasteiger partial charge in [-0.2, -0.15) is 0 Å². The van der Waals surface area contributed by atoms with Gasteiger partial charge in [0.1, 0.15) is 0 Å². The Hall–Kier alpha value is -2.39. The van der Waals surface area contributed by atoms with Crippen molar-refractivity contribution in [3.8, 4) is 0 Å². The first-order valence-corrected chi connectivity index (χ1v) is 5.90. The Labute approximate surface area is 114 Å². The second-order valence-electron chi connectivity index (χ2n) is 4.28. The number of hydrogen-bond acceptors (Lipinski definition) is 6. The Bertz CT molecular complexity index is 435. The highest BCUT2D eigenvalue weighted by molar-refractivity contribution is 6.02. The molecule has 1 rings (SSSR count). The van der Waals surface area contributed by atoms with Gasteiger partial charge in [0.25, 0.3) is 0 Å². The third-order valence-electron chi connectivity index (χ3n) is 2.91. The second kappa shape index (κ2) is 6.17. The average molecular weight is 288 g/mol. The van der Waals surface area contributed by atoms with Crippen molar-refractivity contribution in [2.45, 2.75) is 39.0 Å². The van der Waals surface area contributed by atoms with Gasteiger partial charge in [-0.05, 0) is 13.8 Å². The predicted molar refractivity (Wildman–Crippen MR) is 62.6 cm³/mol. The maximum Gasteiger partial charge on any atom is 0.331 e. The minimum Gasteiger partial charge on any atom is -0.569 e. The lowest BCUT2D eigenvalue weighted by Gasteiger charge is -2.20. The number of imide groups is 1. The maximum atomic E-state index is 11.5. The van der Waals surface area contributed by atoms with Crippen LogP contribution in [0.3, 0.4) is 0 Å². The van der Waals surface area contributed by atoms with E-state index in [0.29, 0.717) is 0 Å². The van der Waals surface area contributed by atoms with Gasteiger partial charge >= 0.3 is 5.97 Å². The van der Waals surface area contributed by atoms with E-state index < -0.39 is 30.1 Å². The van der Waals surface area contributed by atoms with Crippen LogP contribution in [0.1, 0.15) is 26.7 Å². The van der Waals surface area contributed by atoms with Gasteiger partial charge < -0.3 is 15.2 Å². The van der Waals surface area contributed by atoms with Crippen molar-refractivity contribution in [2.24, 2.45) is 5.28 Å². The number of likely N-dealkylation sites (N-methyl/N-ethyl adjacent to an activating group) is 1. The number of carboxylic acid groups (broad SMARTS) is 1. The first-order valence-electron chi connectivity index (χ1n) is 5.90. The third-order valence-corrected chi connectivity index (χ3v) is 2.91. The van der Waals surface area contributed by atoms with Gasteiger partial charge in [0.2, 0.25) is 23.3 Å². The summed E-state index contributed by atoms with van der Waals surface area (Å²) < 4.78 is 0. The Morgan fingerprint density at radius 3 is 2.40 bits per heavy atom. The molecule has 2 amide bonds. The largest absolute Gasteiger partial charge is 0.569 e. The van der Waals surface area contributed by atoms with E-state index in [2.05, 4.69) is 5.28 Å². The van der Waals surface area contributed by atoms with Crippen molar-refractivity contribution in [1.82, 2.24) is 9.91 Å². The van der Waals surface area contributed by atoms with Crippen LogP contribution in [-0.2, 0) is 19.2 Å². The SMILES string of the molecule is CC(ON=[N+]([O-])N(C)[C@@H](C)C(=O)O)N1C(=O)CCC1=O. The number of carbonyl (C=O) groups is 3. The zero-order chi connectivity index (χ0) is 15.4. The summed E-state index contributed by atoms with van der Waals surface area (Å²) in [4.78, 5) is 39.1. The second-order valence-corrected chi connectivity index (χ2v) is 4.28. The fraction of sp³-hybridized carbons (Fsp3) is 0.700. The van der Waals surface area contributed by atoms with E-state index in [1.165, 1.54) is 20.9 Å². The van der Waals surface area contributed by atoms with Gasteiger partial charge in [-0.1, -0.05) is 0 Å². The fourth-order valence-corrected chi connectivity index (χ4v) is 1.52. The molecule has 0 aliphatic carbocycles. The molecule has 10 heteroatoms. The minimum atomic E-state index is -1.21. The van der Waals surface area contributed by atoms with Gasteiger partial charge in [-0.3, -0.25) is 9.59 Å². The van der Waals surface area contributed by atoms with E-state index in [9.17, 15) is 19.6 Å². The molecule has 0 bridgehead atoms. The summed E-state index contributed by atoms with van der Waals surface area (Å²) in [6.07, 6.45) is -0.824. The lowest BCUT2D eigenvalue weighted by atomic mass is 10.3. The van der Waals surface area contributed by atoms with Crippen molar-refractivity contribution in [1.29, 1.82) is 0 Å². The number of carboxylic acids is 1. The Balaban J connectivity index is 2.64. The normalized spacial score (nSPS) is 18.9. The zero-order valence-electron chi connectivity index (χ0n) is 11.3. The Morgan fingerprint density at radius 2 is 1.95 bits per heavy atom. The van der Waals surface area contributed by atoms with Crippen LogP contribution in [0.25, 0.3) is 0 Å². The Kier molecular flexibility index (Phi) is 4.83. The van der Waals surface area contributed by atoms with Crippen LogP contribution in [0.4, 0.5) is 0 Å². The molecule has 10 nitrogen and oxygen atoms in total. The molecule has 0 radical (unpaired) electrons. The molecule has 0 aromatic heterocycles. The van der Waals surface area contributed by atoms with E-state index in [-0.39, 0.29) is 17.8 Å². The summed E-state index contributed by atoms with van der Waals surface area (Å²) in [5, 5.41) is 24.1. The summed E-state index contributed by atoms with van der Waals surface area (Å²) in [5.41, 5.74) is 0. The summed E-state index contributed by atoms with van der Waals surface area (Å²) in [6.45, 7) is 2.68. The zero-order valence-corrected chi connectivity index (χ0v) is 11.3. The first kappa shape index (κ1) is 15.7. The molecule has 20 heavy (non-hydrogen) atoms. The quantitative estimate of drug-likeness (QED) is 0.307. The average Bonchev–Trinajstić information content (AvgIpc) is 2.73. The molecule has 1 N–H and O–H groups in total. The molecule has 1 aliphatic heterocycles. The third kappa shape index (κ3) is 3.33. The number of nitrogens with zero attached hydrogens (tertiary/aromatic N) is 4. The lowest BCUT2D eigenvalue weighted by molar-refractivity contribution is -0.711. The first-order chi connectivity index (χ1) is 9.25. The summed E-state index contributed by atoms with van der Waals surface area (Å²) in [6, 6.07) is -1.11. The molecular formula is C10H16N4O6. The van der Waals surface area contributed by atoms with Crippen molar-refractivity contribution < 1.29 is 29.3 Å². The van der Waals surface area contributed by atoms with E-state index >= 15 is 0 Å². The summed E-state index contributed by atoms with van der Waals surface area (Å²) in [7, 11) is 1.22. The van der Waals surface area contributed by atoms with Crippen LogP contribution < -0.4 is 0 Å². The summed E-state index contributed by atoms with van der Waals surface area (Å²) >= 11 is 0. The summed E-state index contributed by atoms with van der Waals surface area (Å²) in [5.74, 6) is -2.01. The lowest BCUT2D eigenvalue weighted by Crippen LogP contribution is -2.41. The molecule has 112 valence electrons. The van der Waals surface area contributed by atoms with Crippen molar-refractivity contribution in [3.05, 3.63) is 5.21 Å². The molecule has 1 unspecified atom stereocenters. The number of carbonyl (C=O) groups excluding carboxylic acids is 2. The molecule has 1 saturated heterocycles. The number of rotatable bonds is 6. The number of aliphatic carboxylic acids is 1. The molecule has 0 spiro atoms. The van der Waals surface area contributed by atoms with E-state index in [0.717, 1.165) is 9.91 Å². The fourth-order valence-electron chi connectivity index (χ4n) is 1.52. The molecule has 2 atom stereocenters. The van der Waals surface area contributed by atoms with Gasteiger partial charge in [0, 0.05) is 12.8 Å². The predicted octanol–water partition coefficient (Wildman–Crippen LogP) is -0.305. The van der Waals surface area contributed by atoms with Gasteiger partial charge in [-0.25, -0.2) is 9.69 Å². The van der Waals surface area contributed by atoms with Gasteiger partial charge in [-0.15, -0.1) is 5.01 Å². The van der Waals surface area contributed by atoms with Crippen LogP contribution in [-0.4, -0.2) is 57.1 Å². The monoisotopic (exact) mass is 288 g/mol. The maximum absolute atomic E-state index is 11.5. The minimum absolute atomic E-state index is 0.0552. The highest BCUT2D eigenvalue weighted by Crippen LogP contribution is 2.16. The number of hydrazine groups is 1. The van der Waals surface area contributed by atoms with Crippen LogP contribution in [0, 0.1) is 5.21 Å². The molecular weight excluding hydrogens is 272 g/mol. The molecule has 0 aromatic rings. The van der Waals surface area contributed by atoms with E-state index in [1.807, 2.05) is 0 Å². The van der Waals surface area contributed by atoms with Crippen LogP contribution in [0.15, 0.2) is 5.28 Å². The van der Waals surface area contributed by atoms with Crippen molar-refractivity contribution in [2.75, 3.05) is 7.05 Å². The van der Waals surface area contributed by atoms with Crippen LogP contribution in [0.2, 0.25) is 0 Å². The number of hydrogen-bond donors (Lipinski definition) is 1. The van der Waals surface area contributed by atoms with Crippen LogP contribution in [0.5, 0.6) is 0 Å². The van der Waals surface area contributed by atoms with E-state index in [1.54, 1.807) is 0 Å². The number of likely N-dealkylation sites (tertiary alicyclic amines) is 1. The van der Waals surface area contributed by atoms with Gasteiger partial charge in [0.05, 0.1) is 12.0 Å². The molecule has 0 aromatic carbocycles. The molecule has 1 heterocycles. The van der Waals surface area contributed by atoms with Crippen molar-refractivity contribution in [3.63, 3.8) is 0 Å². The molecule has 0 saturated carbocycles. The molecule has 1 aliphatic rings. The van der Waals surface area contributed by atoms with Gasteiger partial charge in [0.15, 0.2) is 6.04 Å². The standard InChI is InChI=1S/C10H16N4O6/c1-6(10(17)18)12(3)14(19)11-20-7(2)13-8(15)4-5-9(13)16/h6-7H,4-5H2,1-3H3,(H,17,18)/t6-,7?/m0/s1. The highest BCUT2D eigenvalue weighted by atomic mass is 16.7. The van der Waals surface area contributed by atoms with Crippen LogP contribution >= 0.6 is 0 Å². The van der Waals surface area contributed by atoms with Crippen molar-refractivity contribution >= 4 is 17.8 Å². The van der Waals surface area contributed by atoms with E-state index in [4.69, 9.17) is 9.94 Å². The smallest absolute Gasteiger partial charge is 0.331 e. The molecule has 1 fully saturated rings. The number of amides is 2. The topological polar surface area (TPSA) is 126 Å².